The monoisotopic (exact) mass is 277 g/mol. The van der Waals surface area contributed by atoms with Gasteiger partial charge in [-0.05, 0) is 37.8 Å². The summed E-state index contributed by atoms with van der Waals surface area (Å²) in [7, 11) is 0. The van der Waals surface area contributed by atoms with Crippen LogP contribution in [0.25, 0.3) is 0 Å². The number of primary amides is 1. The first-order chi connectivity index (χ1) is 9.63. The summed E-state index contributed by atoms with van der Waals surface area (Å²) in [6.45, 7) is 0.772. The van der Waals surface area contributed by atoms with Gasteiger partial charge in [-0.1, -0.05) is 0 Å². The number of amides is 2. The molecule has 3 N–H and O–H groups in total. The van der Waals surface area contributed by atoms with Gasteiger partial charge in [0, 0.05) is 25.4 Å². The zero-order valence-corrected chi connectivity index (χ0v) is 11.3. The van der Waals surface area contributed by atoms with E-state index in [9.17, 15) is 9.59 Å². The number of hydrogen-bond acceptors (Lipinski definition) is 4. The van der Waals surface area contributed by atoms with E-state index in [1.54, 1.807) is 11.0 Å². The number of piperidine rings is 1. The van der Waals surface area contributed by atoms with Gasteiger partial charge in [-0.2, -0.15) is 0 Å². The lowest BCUT2D eigenvalue weighted by atomic mass is 9.98. The Morgan fingerprint density at radius 1 is 1.40 bits per heavy atom. The fourth-order valence-corrected chi connectivity index (χ4v) is 2.55. The number of nitrogens with two attached hydrogens (primary N) is 1. The van der Waals surface area contributed by atoms with Crippen LogP contribution in [0.1, 0.15) is 46.5 Å². The molecule has 6 heteroatoms. The van der Waals surface area contributed by atoms with Crippen molar-refractivity contribution < 1.29 is 14.7 Å². The molecule has 2 amide bonds. The van der Waals surface area contributed by atoms with Crippen LogP contribution in [-0.2, 0) is 0 Å². The van der Waals surface area contributed by atoms with Crippen LogP contribution in [0.2, 0.25) is 0 Å². The first kappa shape index (κ1) is 14.5. The highest BCUT2D eigenvalue weighted by Gasteiger charge is 2.27. The Balaban J connectivity index is 2.14. The van der Waals surface area contributed by atoms with Gasteiger partial charge in [0.2, 0.25) is 0 Å². The van der Waals surface area contributed by atoms with E-state index in [-0.39, 0.29) is 24.2 Å². The Hall–Kier alpha value is -1.95. The smallest absolute Gasteiger partial charge is 0.267 e. The number of aliphatic hydroxyl groups excluding tert-OH is 1. The van der Waals surface area contributed by atoms with Gasteiger partial charge >= 0.3 is 0 Å². The predicted molar refractivity (Wildman–Crippen MR) is 73.1 cm³/mol. The zero-order chi connectivity index (χ0) is 14.5. The number of hydrogen-bond donors (Lipinski definition) is 2. The highest BCUT2D eigenvalue weighted by molar-refractivity contribution is 5.96. The molecule has 0 aromatic carbocycles. The number of pyridine rings is 1. The molecule has 1 saturated heterocycles. The largest absolute Gasteiger partial charge is 0.396 e. The van der Waals surface area contributed by atoms with E-state index in [4.69, 9.17) is 10.8 Å². The molecule has 2 heterocycles. The van der Waals surface area contributed by atoms with Crippen LogP contribution in [-0.4, -0.2) is 46.0 Å². The molecular weight excluding hydrogens is 258 g/mol. The Morgan fingerprint density at radius 2 is 2.20 bits per heavy atom. The van der Waals surface area contributed by atoms with Crippen LogP contribution in [0.5, 0.6) is 0 Å². The van der Waals surface area contributed by atoms with Crippen LogP contribution in [0.3, 0.4) is 0 Å². The van der Waals surface area contributed by atoms with E-state index in [0.29, 0.717) is 18.5 Å². The number of likely N-dealkylation sites (tertiary alicyclic amines) is 1. The van der Waals surface area contributed by atoms with Crippen molar-refractivity contribution in [3.8, 4) is 0 Å². The van der Waals surface area contributed by atoms with Crippen molar-refractivity contribution in [2.24, 2.45) is 5.73 Å². The summed E-state index contributed by atoms with van der Waals surface area (Å²) in [4.78, 5) is 29.1. The van der Waals surface area contributed by atoms with Crippen molar-refractivity contribution in [1.82, 2.24) is 9.88 Å². The van der Waals surface area contributed by atoms with E-state index >= 15 is 0 Å². The fourth-order valence-electron chi connectivity index (χ4n) is 2.55. The summed E-state index contributed by atoms with van der Waals surface area (Å²) in [5.41, 5.74) is 5.71. The molecule has 0 bridgehead atoms. The molecule has 1 aromatic heterocycles. The second-order valence-corrected chi connectivity index (χ2v) is 4.96. The van der Waals surface area contributed by atoms with Gasteiger partial charge in [0.1, 0.15) is 5.69 Å². The molecule has 1 atom stereocenters. The number of rotatable bonds is 4. The second-order valence-electron chi connectivity index (χ2n) is 4.96. The van der Waals surface area contributed by atoms with Crippen LogP contribution in [0.15, 0.2) is 18.3 Å². The van der Waals surface area contributed by atoms with Gasteiger partial charge in [-0.15, -0.1) is 0 Å². The Bertz CT molecular complexity index is 485. The van der Waals surface area contributed by atoms with Crippen molar-refractivity contribution in [3.63, 3.8) is 0 Å². The van der Waals surface area contributed by atoms with Crippen LogP contribution in [0, 0.1) is 0 Å². The number of carbonyl (C=O) groups excluding carboxylic acids is 2. The minimum atomic E-state index is -0.611. The molecule has 1 aliphatic rings. The maximum absolute atomic E-state index is 12.5. The topological polar surface area (TPSA) is 96.5 Å². The van der Waals surface area contributed by atoms with Gasteiger partial charge in [-0.3, -0.25) is 14.6 Å². The van der Waals surface area contributed by atoms with Crippen LogP contribution >= 0.6 is 0 Å². The first-order valence-corrected chi connectivity index (χ1v) is 6.81. The molecule has 108 valence electrons. The molecule has 20 heavy (non-hydrogen) atoms. The van der Waals surface area contributed by atoms with Crippen molar-refractivity contribution >= 4 is 11.8 Å². The van der Waals surface area contributed by atoms with Crippen molar-refractivity contribution in [1.29, 1.82) is 0 Å². The van der Waals surface area contributed by atoms with Gasteiger partial charge in [0.15, 0.2) is 0 Å². The lowest BCUT2D eigenvalue weighted by Crippen LogP contribution is -2.44. The molecule has 1 aliphatic heterocycles. The van der Waals surface area contributed by atoms with E-state index in [1.165, 1.54) is 12.3 Å². The summed E-state index contributed by atoms with van der Waals surface area (Å²) in [5, 5.41) is 9.08. The molecular formula is C14H19N3O3. The van der Waals surface area contributed by atoms with Crippen molar-refractivity contribution in [3.05, 3.63) is 29.6 Å². The number of carbonyl (C=O) groups is 2. The summed E-state index contributed by atoms with van der Waals surface area (Å²) in [5.74, 6) is -0.716. The van der Waals surface area contributed by atoms with Gasteiger partial charge in [0.05, 0.1) is 5.56 Å². The molecule has 6 nitrogen and oxygen atoms in total. The minimum absolute atomic E-state index is 0.0767. The third kappa shape index (κ3) is 3.14. The second kappa shape index (κ2) is 6.47. The Labute approximate surface area is 117 Å². The van der Waals surface area contributed by atoms with Crippen molar-refractivity contribution in [2.45, 2.75) is 31.7 Å². The van der Waals surface area contributed by atoms with Gasteiger partial charge < -0.3 is 15.7 Å². The molecule has 1 unspecified atom stereocenters. The average Bonchev–Trinajstić information content (AvgIpc) is 2.47. The lowest BCUT2D eigenvalue weighted by molar-refractivity contribution is 0.0574. The Kier molecular flexibility index (Phi) is 4.68. The summed E-state index contributed by atoms with van der Waals surface area (Å²) < 4.78 is 0. The molecule has 0 aliphatic carbocycles. The van der Waals surface area contributed by atoms with E-state index < -0.39 is 5.91 Å². The summed E-state index contributed by atoms with van der Waals surface area (Å²) in [6.07, 6.45) is 4.94. The minimum Gasteiger partial charge on any atom is -0.396 e. The number of nitrogens with zero attached hydrogens (tertiary/aromatic N) is 2. The highest BCUT2D eigenvalue weighted by Crippen LogP contribution is 2.21. The van der Waals surface area contributed by atoms with E-state index in [0.717, 1.165) is 19.3 Å². The maximum atomic E-state index is 12.5. The molecule has 0 spiro atoms. The normalized spacial score (nSPS) is 18.9. The van der Waals surface area contributed by atoms with Crippen LogP contribution < -0.4 is 5.73 Å². The number of aromatic nitrogens is 1. The third-order valence-corrected chi connectivity index (χ3v) is 3.61. The van der Waals surface area contributed by atoms with E-state index in [1.807, 2.05) is 0 Å². The number of aliphatic hydroxyl groups is 1. The lowest BCUT2D eigenvalue weighted by Gasteiger charge is -2.35. The quantitative estimate of drug-likeness (QED) is 0.840. The van der Waals surface area contributed by atoms with Crippen LogP contribution in [0.4, 0.5) is 0 Å². The fraction of sp³-hybridized carbons (Fsp3) is 0.500. The Morgan fingerprint density at radius 3 is 2.80 bits per heavy atom. The maximum Gasteiger partial charge on any atom is 0.267 e. The standard InChI is InChI=1S/C14H19N3O3/c15-13(19)12-5-4-10(9-16-12)14(20)17-7-2-1-3-11(17)6-8-18/h4-5,9,11,18H,1-3,6-8H2,(H2,15,19). The highest BCUT2D eigenvalue weighted by atomic mass is 16.3. The summed E-state index contributed by atoms with van der Waals surface area (Å²) >= 11 is 0. The van der Waals surface area contributed by atoms with Gasteiger partial charge in [0.25, 0.3) is 11.8 Å². The zero-order valence-electron chi connectivity index (χ0n) is 11.3. The SMILES string of the molecule is NC(=O)c1ccc(C(=O)N2CCCCC2CCO)cn1. The molecule has 1 aromatic rings. The molecule has 0 saturated carbocycles. The molecule has 0 radical (unpaired) electrons. The predicted octanol–water partition coefficient (Wildman–Crippen LogP) is 0.558. The van der Waals surface area contributed by atoms with E-state index in [2.05, 4.69) is 4.98 Å². The molecule has 1 fully saturated rings. The summed E-state index contributed by atoms with van der Waals surface area (Å²) in [6, 6.07) is 3.11. The third-order valence-electron chi connectivity index (χ3n) is 3.61. The van der Waals surface area contributed by atoms with Crippen molar-refractivity contribution in [2.75, 3.05) is 13.2 Å². The first-order valence-electron chi connectivity index (χ1n) is 6.81. The molecule has 2 rings (SSSR count). The average molecular weight is 277 g/mol. The van der Waals surface area contributed by atoms with Gasteiger partial charge in [-0.25, -0.2) is 0 Å².